The van der Waals surface area contributed by atoms with Gasteiger partial charge in [0.05, 0.1) is 13.2 Å². The zero-order valence-corrected chi connectivity index (χ0v) is 14.9. The molecule has 6 nitrogen and oxygen atoms in total. The summed E-state index contributed by atoms with van der Waals surface area (Å²) in [7, 11) is 0. The molecule has 2 fully saturated rings. The highest BCUT2D eigenvalue weighted by molar-refractivity contribution is 5.87. The van der Waals surface area contributed by atoms with Gasteiger partial charge in [-0.15, -0.1) is 0 Å². The number of fused-ring (bicyclic) bond motifs is 1. The predicted octanol–water partition coefficient (Wildman–Crippen LogP) is 2.12. The van der Waals surface area contributed by atoms with Crippen molar-refractivity contribution in [2.75, 3.05) is 52.5 Å². The van der Waals surface area contributed by atoms with Gasteiger partial charge in [0.15, 0.2) is 0 Å². The van der Waals surface area contributed by atoms with Crippen LogP contribution in [0.4, 0.5) is 4.79 Å². The smallest absolute Gasteiger partial charge is 0.320 e. The summed E-state index contributed by atoms with van der Waals surface area (Å²) in [5, 5.41) is 12.6. The van der Waals surface area contributed by atoms with E-state index >= 15 is 0 Å². The second kappa shape index (κ2) is 7.51. The van der Waals surface area contributed by atoms with E-state index < -0.39 is 0 Å². The highest BCUT2D eigenvalue weighted by Crippen LogP contribution is 2.28. The summed E-state index contributed by atoms with van der Waals surface area (Å²) in [4.78, 5) is 18.7. The highest BCUT2D eigenvalue weighted by Gasteiger charge is 2.26. The number of morpholine rings is 1. The number of amides is 2. The Morgan fingerprint density at radius 1 is 0.923 bits per heavy atom. The van der Waals surface area contributed by atoms with Gasteiger partial charge in [0.25, 0.3) is 0 Å². The van der Waals surface area contributed by atoms with Crippen molar-refractivity contribution in [1.29, 1.82) is 0 Å². The number of hydrogen-bond acceptors (Lipinski definition) is 4. The molecule has 2 saturated heterocycles. The minimum Gasteiger partial charge on any atom is -0.508 e. The number of phenols is 1. The van der Waals surface area contributed by atoms with Crippen molar-refractivity contribution in [1.82, 2.24) is 14.7 Å². The number of carbonyl (C=O) groups is 1. The van der Waals surface area contributed by atoms with Crippen LogP contribution in [0.15, 0.2) is 36.4 Å². The molecule has 0 bridgehead atoms. The van der Waals surface area contributed by atoms with Crippen molar-refractivity contribution in [2.45, 2.75) is 6.54 Å². The maximum atomic E-state index is 12.6. The van der Waals surface area contributed by atoms with Crippen LogP contribution in [0.5, 0.6) is 5.75 Å². The second-order valence-electron chi connectivity index (χ2n) is 6.93. The largest absolute Gasteiger partial charge is 0.508 e. The lowest BCUT2D eigenvalue weighted by atomic mass is 10.0. The number of rotatable bonds is 2. The Bertz CT molecular complexity index is 781. The average molecular weight is 355 g/mol. The van der Waals surface area contributed by atoms with Crippen molar-refractivity contribution in [3.63, 3.8) is 0 Å². The Morgan fingerprint density at radius 3 is 2.38 bits per heavy atom. The number of nitrogens with zero attached hydrogens (tertiary/aromatic N) is 3. The van der Waals surface area contributed by atoms with Crippen LogP contribution in [-0.4, -0.2) is 78.3 Å². The molecule has 2 heterocycles. The van der Waals surface area contributed by atoms with Crippen molar-refractivity contribution >= 4 is 16.8 Å². The summed E-state index contributed by atoms with van der Waals surface area (Å²) in [5.74, 6) is 0.343. The molecule has 0 saturated carbocycles. The molecule has 26 heavy (non-hydrogen) atoms. The Balaban J connectivity index is 1.40. The number of aromatic hydroxyl groups is 1. The van der Waals surface area contributed by atoms with E-state index in [0.29, 0.717) is 38.6 Å². The molecule has 0 aliphatic carbocycles. The SMILES string of the molecule is O=C(N1CCOCC1)N1CCN(Cc2c(O)ccc3ccccc23)CC1. The van der Waals surface area contributed by atoms with Gasteiger partial charge < -0.3 is 19.6 Å². The third kappa shape index (κ3) is 3.48. The molecule has 6 heteroatoms. The molecule has 0 radical (unpaired) electrons. The van der Waals surface area contributed by atoms with E-state index in [9.17, 15) is 9.90 Å². The molecule has 0 unspecified atom stereocenters. The number of benzene rings is 2. The fraction of sp³-hybridized carbons (Fsp3) is 0.450. The Kier molecular flexibility index (Phi) is 4.95. The van der Waals surface area contributed by atoms with Crippen molar-refractivity contribution in [3.05, 3.63) is 42.0 Å². The number of hydrogen-bond donors (Lipinski definition) is 1. The zero-order valence-electron chi connectivity index (χ0n) is 14.9. The lowest BCUT2D eigenvalue weighted by molar-refractivity contribution is 0.0373. The lowest BCUT2D eigenvalue weighted by Crippen LogP contribution is -2.54. The minimum atomic E-state index is 0.126. The number of piperazine rings is 1. The highest BCUT2D eigenvalue weighted by atomic mass is 16.5. The topological polar surface area (TPSA) is 56.2 Å². The summed E-state index contributed by atoms with van der Waals surface area (Å²) in [6.07, 6.45) is 0. The van der Waals surface area contributed by atoms with Crippen molar-refractivity contribution in [3.8, 4) is 5.75 Å². The summed E-state index contributed by atoms with van der Waals surface area (Å²) < 4.78 is 5.32. The third-order valence-corrected chi connectivity index (χ3v) is 5.32. The van der Waals surface area contributed by atoms with Crippen LogP contribution in [0.3, 0.4) is 0 Å². The number of urea groups is 1. The van der Waals surface area contributed by atoms with Gasteiger partial charge in [-0.2, -0.15) is 0 Å². The average Bonchev–Trinajstić information content (AvgIpc) is 2.71. The molecule has 138 valence electrons. The van der Waals surface area contributed by atoms with Gasteiger partial charge in [0.2, 0.25) is 0 Å². The first kappa shape index (κ1) is 17.1. The Morgan fingerprint density at radius 2 is 1.62 bits per heavy atom. The molecular formula is C20H25N3O3. The number of phenolic OH excluding ortho intramolecular Hbond substituents is 1. The second-order valence-corrected chi connectivity index (χ2v) is 6.93. The van der Waals surface area contributed by atoms with Crippen molar-refractivity contribution in [2.24, 2.45) is 0 Å². The van der Waals surface area contributed by atoms with E-state index in [1.54, 1.807) is 6.07 Å². The van der Waals surface area contributed by atoms with E-state index in [0.717, 1.165) is 42.5 Å². The molecule has 1 N–H and O–H groups in total. The fourth-order valence-electron chi connectivity index (χ4n) is 3.77. The van der Waals surface area contributed by atoms with Crippen LogP contribution in [-0.2, 0) is 11.3 Å². The van der Waals surface area contributed by atoms with Crippen LogP contribution >= 0.6 is 0 Å². The molecule has 2 aromatic carbocycles. The first-order valence-electron chi connectivity index (χ1n) is 9.26. The van der Waals surface area contributed by atoms with Crippen LogP contribution in [0.25, 0.3) is 10.8 Å². The van der Waals surface area contributed by atoms with Gasteiger partial charge in [-0.25, -0.2) is 4.79 Å². The first-order chi connectivity index (χ1) is 12.7. The third-order valence-electron chi connectivity index (χ3n) is 5.32. The number of ether oxygens (including phenoxy) is 1. The zero-order chi connectivity index (χ0) is 17.9. The quantitative estimate of drug-likeness (QED) is 0.897. The minimum absolute atomic E-state index is 0.126. The van der Waals surface area contributed by atoms with E-state index in [1.807, 2.05) is 28.0 Å². The maximum Gasteiger partial charge on any atom is 0.320 e. The van der Waals surface area contributed by atoms with E-state index in [1.165, 1.54) is 0 Å². The van der Waals surface area contributed by atoms with E-state index in [2.05, 4.69) is 17.0 Å². The molecule has 2 aromatic rings. The van der Waals surface area contributed by atoms with E-state index in [4.69, 9.17) is 4.74 Å². The van der Waals surface area contributed by atoms with Gasteiger partial charge in [-0.05, 0) is 16.8 Å². The van der Waals surface area contributed by atoms with Gasteiger partial charge in [0, 0.05) is 51.4 Å². The standard InChI is InChI=1S/C20H25N3O3/c24-19-6-5-16-3-1-2-4-17(16)18(19)15-21-7-9-22(10-8-21)20(25)23-11-13-26-14-12-23/h1-6,24H,7-15H2. The van der Waals surface area contributed by atoms with Gasteiger partial charge in [0.1, 0.15) is 5.75 Å². The summed E-state index contributed by atoms with van der Waals surface area (Å²) in [6, 6.07) is 12.0. The van der Waals surface area contributed by atoms with Gasteiger partial charge in [-0.1, -0.05) is 30.3 Å². The van der Waals surface area contributed by atoms with Crippen LogP contribution in [0.1, 0.15) is 5.56 Å². The van der Waals surface area contributed by atoms with E-state index in [-0.39, 0.29) is 6.03 Å². The Hall–Kier alpha value is -2.31. The fourth-order valence-corrected chi connectivity index (χ4v) is 3.77. The van der Waals surface area contributed by atoms with Crippen LogP contribution in [0, 0.1) is 0 Å². The summed E-state index contributed by atoms with van der Waals surface area (Å²) >= 11 is 0. The normalized spacial score (nSPS) is 19.1. The van der Waals surface area contributed by atoms with Crippen LogP contribution < -0.4 is 0 Å². The first-order valence-corrected chi connectivity index (χ1v) is 9.26. The monoisotopic (exact) mass is 355 g/mol. The molecule has 0 aromatic heterocycles. The van der Waals surface area contributed by atoms with Crippen LogP contribution in [0.2, 0.25) is 0 Å². The van der Waals surface area contributed by atoms with Gasteiger partial charge >= 0.3 is 6.03 Å². The summed E-state index contributed by atoms with van der Waals surface area (Å²) in [6.45, 7) is 6.41. The predicted molar refractivity (Wildman–Crippen MR) is 100 cm³/mol. The molecule has 0 spiro atoms. The molecule has 2 aliphatic rings. The molecule has 2 amide bonds. The molecule has 2 aliphatic heterocycles. The summed E-state index contributed by atoms with van der Waals surface area (Å²) in [5.41, 5.74) is 0.969. The molecule has 0 atom stereocenters. The Labute approximate surface area is 153 Å². The van der Waals surface area contributed by atoms with Crippen molar-refractivity contribution < 1.29 is 14.6 Å². The number of carbonyl (C=O) groups excluding carboxylic acids is 1. The van der Waals surface area contributed by atoms with Gasteiger partial charge in [-0.3, -0.25) is 4.90 Å². The lowest BCUT2D eigenvalue weighted by Gasteiger charge is -2.38. The molecular weight excluding hydrogens is 330 g/mol. The molecule has 4 rings (SSSR count). The maximum absolute atomic E-state index is 12.6.